The van der Waals surface area contributed by atoms with E-state index in [4.69, 9.17) is 14.6 Å². The Balaban J connectivity index is 1.61. The van der Waals surface area contributed by atoms with E-state index in [1.165, 1.54) is 0 Å². The highest BCUT2D eigenvalue weighted by Crippen LogP contribution is 2.61. The number of ether oxygens (including phenoxy) is 2. The molecule has 8 N–H and O–H groups in total. The van der Waals surface area contributed by atoms with Crippen molar-refractivity contribution in [1.82, 2.24) is 9.55 Å². The fraction of sp³-hybridized carbons (Fsp3) is 0.733. The molecule has 18 nitrogen and oxygen atoms in total. The van der Waals surface area contributed by atoms with Crippen molar-refractivity contribution in [2.24, 2.45) is 0 Å². The fourth-order valence-corrected chi connectivity index (χ4v) is 5.48. The predicted molar refractivity (Wildman–Crippen MR) is 108 cm³/mol. The maximum atomic E-state index is 14.1. The van der Waals surface area contributed by atoms with Crippen LogP contribution in [0.15, 0.2) is 21.9 Å². The first-order chi connectivity index (χ1) is 16.7. The van der Waals surface area contributed by atoms with Crippen molar-refractivity contribution in [2.75, 3.05) is 13.2 Å². The molecule has 0 bridgehead atoms. The molecule has 36 heavy (non-hydrogen) atoms. The predicted octanol–water partition coefficient (Wildman–Crippen LogP) is -3.82. The second kappa shape index (κ2) is 11.1. The van der Waals surface area contributed by atoms with Crippen LogP contribution in [-0.2, 0) is 32.0 Å². The minimum Gasteiger partial charge on any atom is -0.394 e. The molecule has 2 saturated heterocycles. The van der Waals surface area contributed by atoms with E-state index < -0.39 is 95.4 Å². The minimum absolute atomic E-state index is 0.711. The summed E-state index contributed by atoms with van der Waals surface area (Å²) in [5, 5.41) is 48.5. The van der Waals surface area contributed by atoms with Gasteiger partial charge in [-0.05, 0) is 0 Å². The van der Waals surface area contributed by atoms with Crippen molar-refractivity contribution in [1.29, 1.82) is 0 Å². The summed E-state index contributed by atoms with van der Waals surface area (Å²) in [6.07, 6.45) is -16.6. The molecule has 2 aliphatic rings. The van der Waals surface area contributed by atoms with Gasteiger partial charge in [-0.2, -0.15) is 4.31 Å². The molecule has 3 unspecified atom stereocenters. The fourth-order valence-electron chi connectivity index (χ4n) is 3.33. The second-order valence-corrected chi connectivity index (χ2v) is 10.6. The van der Waals surface area contributed by atoms with Crippen LogP contribution in [0, 0.1) is 0 Å². The number of aliphatic hydroxyl groups is 5. The number of aliphatic hydroxyl groups excluding tert-OH is 5. The van der Waals surface area contributed by atoms with Gasteiger partial charge in [0, 0.05) is 12.3 Å². The van der Waals surface area contributed by atoms with Gasteiger partial charge in [0.1, 0.15) is 36.6 Å². The van der Waals surface area contributed by atoms with E-state index >= 15 is 0 Å². The van der Waals surface area contributed by atoms with E-state index in [2.05, 4.69) is 13.4 Å². The Morgan fingerprint density at radius 1 is 1.00 bits per heavy atom. The van der Waals surface area contributed by atoms with E-state index in [0.29, 0.717) is 4.57 Å². The molecule has 0 aromatic carbocycles. The molecule has 0 amide bonds. The van der Waals surface area contributed by atoms with Crippen molar-refractivity contribution in [3.8, 4) is 0 Å². The first kappa shape index (κ1) is 29.2. The third kappa shape index (κ3) is 6.53. The van der Waals surface area contributed by atoms with Gasteiger partial charge in [0.15, 0.2) is 12.4 Å². The van der Waals surface area contributed by atoms with Crippen LogP contribution < -0.4 is 11.2 Å². The molecule has 0 saturated carbocycles. The number of phosphoric ester groups is 2. The van der Waals surface area contributed by atoms with Gasteiger partial charge in [-0.15, -0.1) is 0 Å². The summed E-state index contributed by atoms with van der Waals surface area (Å²) < 4.78 is 61.7. The van der Waals surface area contributed by atoms with E-state index in [1.807, 2.05) is 4.98 Å². The first-order valence-corrected chi connectivity index (χ1v) is 12.9. The lowest BCUT2D eigenvalue weighted by Crippen LogP contribution is -2.57. The molecule has 21 heteroatoms. The molecule has 3 rings (SSSR count). The number of aromatic amines is 1. The number of aromatic nitrogens is 2. The number of phosphoric acid groups is 2. The number of rotatable bonds is 9. The summed E-state index contributed by atoms with van der Waals surface area (Å²) in [5.41, 5.74) is -1.76. The van der Waals surface area contributed by atoms with Gasteiger partial charge in [-0.25, -0.2) is 18.3 Å². The molecule has 2 fully saturated rings. The lowest BCUT2D eigenvalue weighted by atomic mass is 10.0. The van der Waals surface area contributed by atoms with Crippen LogP contribution in [0.3, 0.4) is 0 Å². The SMILES string of the molecule is O=c1ccn([C@@H]2O[C@H](COP(=O)(O)OP(=O)(O)OC3O[C@H](CO)[C@H](O)[C@H](O)[C@H]3F)[C@@H](O)[C@H]2O)c(=O)[nH]1. The van der Waals surface area contributed by atoms with Crippen molar-refractivity contribution in [2.45, 2.75) is 55.3 Å². The third-order valence-corrected chi connectivity index (χ3v) is 7.71. The van der Waals surface area contributed by atoms with E-state index in [1.54, 1.807) is 0 Å². The van der Waals surface area contributed by atoms with Gasteiger partial charge in [-0.3, -0.25) is 23.4 Å². The van der Waals surface area contributed by atoms with Gasteiger partial charge in [0.05, 0.1) is 13.2 Å². The van der Waals surface area contributed by atoms with Crippen molar-refractivity contribution in [3.63, 3.8) is 0 Å². The minimum atomic E-state index is -5.67. The van der Waals surface area contributed by atoms with Crippen LogP contribution in [0.1, 0.15) is 6.23 Å². The highest BCUT2D eigenvalue weighted by Gasteiger charge is 2.50. The number of H-pyrrole nitrogens is 1. The number of nitrogens with one attached hydrogen (secondary N) is 1. The molecule has 0 radical (unpaired) electrons. The smallest absolute Gasteiger partial charge is 0.394 e. The van der Waals surface area contributed by atoms with E-state index in [-0.39, 0.29) is 0 Å². The molecule has 2 aliphatic heterocycles. The van der Waals surface area contributed by atoms with E-state index in [9.17, 15) is 53.3 Å². The zero-order valence-electron chi connectivity index (χ0n) is 17.8. The van der Waals surface area contributed by atoms with E-state index in [0.717, 1.165) is 12.3 Å². The van der Waals surface area contributed by atoms with Crippen LogP contribution in [-0.4, -0.2) is 107 Å². The maximum absolute atomic E-state index is 14.1. The van der Waals surface area contributed by atoms with Gasteiger partial charge in [0.25, 0.3) is 5.56 Å². The Kier molecular flexibility index (Phi) is 9.02. The Bertz CT molecular complexity index is 1130. The summed E-state index contributed by atoms with van der Waals surface area (Å²) in [6, 6.07) is 0.919. The van der Waals surface area contributed by atoms with Crippen molar-refractivity contribution < 1.29 is 71.7 Å². The van der Waals surface area contributed by atoms with Gasteiger partial charge in [0.2, 0.25) is 6.29 Å². The van der Waals surface area contributed by atoms with Crippen LogP contribution in [0.25, 0.3) is 0 Å². The van der Waals surface area contributed by atoms with Crippen molar-refractivity contribution in [3.05, 3.63) is 33.1 Å². The Labute approximate surface area is 199 Å². The van der Waals surface area contributed by atoms with Crippen LogP contribution in [0.5, 0.6) is 0 Å². The lowest BCUT2D eigenvalue weighted by molar-refractivity contribution is -0.265. The molecular formula is C15H23FN2O16P2. The normalized spacial score (nSPS) is 38.4. The summed E-state index contributed by atoms with van der Waals surface area (Å²) >= 11 is 0. The molecule has 206 valence electrons. The number of halogens is 1. The topological polar surface area (TPSA) is 277 Å². The second-order valence-electron chi connectivity index (χ2n) is 7.63. The van der Waals surface area contributed by atoms with Crippen LogP contribution in [0.4, 0.5) is 4.39 Å². The summed E-state index contributed by atoms with van der Waals surface area (Å²) in [6.45, 7) is -2.01. The number of alkyl halides is 1. The maximum Gasteiger partial charge on any atom is 0.483 e. The largest absolute Gasteiger partial charge is 0.483 e. The molecule has 0 spiro atoms. The quantitative estimate of drug-likeness (QED) is 0.133. The summed E-state index contributed by atoms with van der Waals surface area (Å²) in [5.74, 6) is 0. The molecular weight excluding hydrogens is 545 g/mol. The molecule has 1 aromatic heterocycles. The Morgan fingerprint density at radius 3 is 2.25 bits per heavy atom. The highest BCUT2D eigenvalue weighted by molar-refractivity contribution is 7.61. The van der Waals surface area contributed by atoms with Gasteiger partial charge in [-0.1, -0.05) is 0 Å². The average molecular weight is 568 g/mol. The zero-order valence-corrected chi connectivity index (χ0v) is 19.6. The number of hydrogen-bond acceptors (Lipinski definition) is 14. The molecule has 0 aliphatic carbocycles. The summed E-state index contributed by atoms with van der Waals surface area (Å²) in [4.78, 5) is 44.4. The third-order valence-electron chi connectivity index (χ3n) is 5.11. The summed E-state index contributed by atoms with van der Waals surface area (Å²) in [7, 11) is -11.2. The van der Waals surface area contributed by atoms with Crippen molar-refractivity contribution >= 4 is 15.6 Å². The lowest BCUT2D eigenvalue weighted by Gasteiger charge is -2.38. The van der Waals surface area contributed by atoms with Crippen LogP contribution in [0.2, 0.25) is 0 Å². The Hall–Kier alpha value is -1.41. The number of hydrogen-bond donors (Lipinski definition) is 8. The Morgan fingerprint density at radius 2 is 1.64 bits per heavy atom. The molecule has 11 atom stereocenters. The highest BCUT2D eigenvalue weighted by atomic mass is 31.3. The standard InChI is InChI=1S/C15H23FN2O16P2/c16-8-11(23)9(21)5(3-19)32-14(8)33-36(28,29)34-35(26,27)30-4-6-10(22)12(24)13(31-6)18-2-1-7(20)17-15(18)25/h1-2,5-6,8-14,19,21-24H,3-4H2,(H,26,27)(H,28,29)(H,17,20,25)/t5-,6-,8-,9+,10-,11-,12-,13-,14?/m1/s1. The monoisotopic (exact) mass is 568 g/mol. The average Bonchev–Trinajstić information content (AvgIpc) is 3.06. The first-order valence-electron chi connectivity index (χ1n) is 9.95. The van der Waals surface area contributed by atoms with Gasteiger partial charge >= 0.3 is 21.3 Å². The zero-order chi connectivity index (χ0) is 27.0. The molecule has 3 heterocycles. The number of nitrogens with zero attached hydrogens (tertiary/aromatic N) is 1. The molecule has 1 aromatic rings. The van der Waals surface area contributed by atoms with Gasteiger partial charge < -0.3 is 44.8 Å². The van der Waals surface area contributed by atoms with Crippen LogP contribution >= 0.6 is 15.6 Å².